The second-order valence-corrected chi connectivity index (χ2v) is 7.89. The Hall–Kier alpha value is -3.76. The number of nitro benzene ring substituents is 1. The minimum atomic E-state index is -1.12. The van der Waals surface area contributed by atoms with Gasteiger partial charge in [0.1, 0.15) is 11.5 Å². The molecule has 162 valence electrons. The number of benzene rings is 1. The number of aromatic nitrogens is 2. The summed E-state index contributed by atoms with van der Waals surface area (Å²) in [5.41, 5.74) is -0.752. The number of rotatable bonds is 4. The van der Waals surface area contributed by atoms with E-state index in [1.807, 2.05) is 4.90 Å². The highest BCUT2D eigenvalue weighted by Gasteiger charge is 2.36. The first-order chi connectivity index (χ1) is 14.8. The van der Waals surface area contributed by atoms with Gasteiger partial charge in [-0.05, 0) is 24.8 Å². The highest BCUT2D eigenvalue weighted by atomic mass is 16.6. The molecule has 11 nitrogen and oxygen atoms in total. The molecule has 1 aromatic heterocycles. The Morgan fingerprint density at radius 2 is 1.97 bits per heavy atom. The second-order valence-electron chi connectivity index (χ2n) is 7.89. The number of para-hydroxylation sites is 2. The van der Waals surface area contributed by atoms with E-state index in [1.165, 1.54) is 18.2 Å². The smallest absolute Gasteiger partial charge is 0.292 e. The van der Waals surface area contributed by atoms with Crippen molar-refractivity contribution in [2.45, 2.75) is 32.1 Å². The fourth-order valence-electron chi connectivity index (χ4n) is 3.91. The van der Waals surface area contributed by atoms with Crippen molar-refractivity contribution < 1.29 is 14.5 Å². The number of carbonyl (C=O) groups is 2. The van der Waals surface area contributed by atoms with E-state index in [-0.39, 0.29) is 29.2 Å². The normalized spacial score (nSPS) is 18.8. The zero-order valence-electron chi connectivity index (χ0n) is 16.9. The molecule has 2 aromatic rings. The molecule has 1 fully saturated rings. The van der Waals surface area contributed by atoms with Crippen molar-refractivity contribution in [3.63, 3.8) is 0 Å². The van der Waals surface area contributed by atoms with Crippen molar-refractivity contribution in [2.24, 2.45) is 5.92 Å². The van der Waals surface area contributed by atoms with Gasteiger partial charge in [0.05, 0.1) is 16.4 Å². The van der Waals surface area contributed by atoms with Crippen LogP contribution in [0.5, 0.6) is 0 Å². The number of piperidine rings is 1. The molecule has 0 spiro atoms. The lowest BCUT2D eigenvalue weighted by molar-refractivity contribution is -0.383. The standard InChI is InChI=1S/C20H22N6O5/c1-11-6-8-25(9-7-11)20-23-17-16(19(29)24-20)12(10-15(27)22-17)18(28)21-13-4-2-3-5-14(13)26(30)31/h2-5,11-12H,6-10H2,1H3,(H,21,28)(H2,22,23,24,27,29)/t12-/m1/s1. The average Bonchev–Trinajstić information content (AvgIpc) is 2.73. The zero-order chi connectivity index (χ0) is 22.1. The van der Waals surface area contributed by atoms with E-state index in [1.54, 1.807) is 6.07 Å². The van der Waals surface area contributed by atoms with Crippen molar-refractivity contribution in [1.82, 2.24) is 9.97 Å². The molecule has 4 rings (SSSR count). The van der Waals surface area contributed by atoms with Gasteiger partial charge in [0.2, 0.25) is 17.8 Å². The van der Waals surface area contributed by atoms with Gasteiger partial charge in [0, 0.05) is 25.6 Å². The number of aromatic amines is 1. The lowest BCUT2D eigenvalue weighted by Gasteiger charge is -2.31. The number of hydrogen-bond acceptors (Lipinski definition) is 7. The van der Waals surface area contributed by atoms with Gasteiger partial charge in [-0.2, -0.15) is 4.98 Å². The van der Waals surface area contributed by atoms with Gasteiger partial charge in [0.25, 0.3) is 11.2 Å². The molecule has 2 amide bonds. The number of nitro groups is 1. The molecule has 2 aliphatic heterocycles. The van der Waals surface area contributed by atoms with Crippen molar-refractivity contribution in [3.8, 4) is 0 Å². The summed E-state index contributed by atoms with van der Waals surface area (Å²) in [6, 6.07) is 5.68. The minimum absolute atomic E-state index is 0.00604. The third-order valence-corrected chi connectivity index (χ3v) is 5.70. The van der Waals surface area contributed by atoms with Crippen molar-refractivity contribution >= 4 is 35.0 Å². The summed E-state index contributed by atoms with van der Waals surface area (Å²) in [5.74, 6) is -1.25. The highest BCUT2D eigenvalue weighted by molar-refractivity contribution is 6.05. The first-order valence-corrected chi connectivity index (χ1v) is 10.1. The predicted molar refractivity (Wildman–Crippen MR) is 113 cm³/mol. The van der Waals surface area contributed by atoms with Gasteiger partial charge in [-0.3, -0.25) is 29.5 Å². The van der Waals surface area contributed by atoms with Crippen LogP contribution in [0.2, 0.25) is 0 Å². The highest BCUT2D eigenvalue weighted by Crippen LogP contribution is 2.32. The van der Waals surface area contributed by atoms with E-state index in [0.717, 1.165) is 25.9 Å². The lowest BCUT2D eigenvalue weighted by Crippen LogP contribution is -2.39. The molecule has 1 atom stereocenters. The number of anilines is 3. The molecule has 2 aliphatic rings. The van der Waals surface area contributed by atoms with Gasteiger partial charge in [-0.25, -0.2) is 0 Å². The van der Waals surface area contributed by atoms with E-state index >= 15 is 0 Å². The number of nitrogens with one attached hydrogen (secondary N) is 3. The van der Waals surface area contributed by atoms with Crippen LogP contribution in [-0.2, 0) is 9.59 Å². The molecule has 0 unspecified atom stereocenters. The van der Waals surface area contributed by atoms with Gasteiger partial charge in [-0.1, -0.05) is 19.1 Å². The van der Waals surface area contributed by atoms with E-state index in [4.69, 9.17) is 0 Å². The Morgan fingerprint density at radius 3 is 2.68 bits per heavy atom. The fraction of sp³-hybridized carbons (Fsp3) is 0.400. The molecule has 0 bridgehead atoms. The van der Waals surface area contributed by atoms with Gasteiger partial charge in [0.15, 0.2) is 0 Å². The summed E-state index contributed by atoms with van der Waals surface area (Å²) in [7, 11) is 0. The summed E-state index contributed by atoms with van der Waals surface area (Å²) in [6.07, 6.45) is 1.67. The van der Waals surface area contributed by atoms with Gasteiger partial charge >= 0.3 is 0 Å². The van der Waals surface area contributed by atoms with Crippen LogP contribution in [0.1, 0.15) is 37.7 Å². The van der Waals surface area contributed by atoms with Crippen LogP contribution in [0, 0.1) is 16.0 Å². The number of amides is 2. The minimum Gasteiger partial charge on any atom is -0.342 e. The molecular formula is C20H22N6O5. The molecule has 0 aliphatic carbocycles. The molecule has 0 radical (unpaired) electrons. The number of nitrogens with zero attached hydrogens (tertiary/aromatic N) is 3. The van der Waals surface area contributed by atoms with Crippen LogP contribution < -0.4 is 21.1 Å². The first kappa shape index (κ1) is 20.5. The summed E-state index contributed by atoms with van der Waals surface area (Å²) in [6.45, 7) is 3.64. The number of H-pyrrole nitrogens is 1. The fourth-order valence-corrected chi connectivity index (χ4v) is 3.91. The summed E-state index contributed by atoms with van der Waals surface area (Å²) in [4.78, 5) is 57.7. The van der Waals surface area contributed by atoms with E-state index in [0.29, 0.717) is 11.9 Å². The average molecular weight is 426 g/mol. The van der Waals surface area contributed by atoms with Crippen LogP contribution in [0.3, 0.4) is 0 Å². The number of fused-ring (bicyclic) bond motifs is 1. The third-order valence-electron chi connectivity index (χ3n) is 5.70. The van der Waals surface area contributed by atoms with Crippen LogP contribution in [0.25, 0.3) is 0 Å². The maximum Gasteiger partial charge on any atom is 0.292 e. The predicted octanol–water partition coefficient (Wildman–Crippen LogP) is 1.98. The molecular weight excluding hydrogens is 404 g/mol. The molecule has 11 heteroatoms. The van der Waals surface area contributed by atoms with Crippen LogP contribution in [-0.4, -0.2) is 39.8 Å². The van der Waals surface area contributed by atoms with E-state index in [2.05, 4.69) is 27.5 Å². The summed E-state index contributed by atoms with van der Waals surface area (Å²) >= 11 is 0. The van der Waals surface area contributed by atoms with E-state index < -0.39 is 28.2 Å². The first-order valence-electron chi connectivity index (χ1n) is 10.1. The van der Waals surface area contributed by atoms with Crippen molar-refractivity contribution in [2.75, 3.05) is 28.6 Å². The van der Waals surface area contributed by atoms with Crippen molar-refractivity contribution in [3.05, 3.63) is 50.3 Å². The molecule has 3 heterocycles. The number of hydrogen-bond donors (Lipinski definition) is 3. The number of carbonyl (C=O) groups excluding carboxylic acids is 2. The SMILES string of the molecule is CC1CCN(c2nc3c(c(=O)[nH]2)[C@H](C(=O)Nc2ccccc2[N+](=O)[O-])CC(=O)N3)CC1. The van der Waals surface area contributed by atoms with Crippen molar-refractivity contribution in [1.29, 1.82) is 0 Å². The van der Waals surface area contributed by atoms with Gasteiger partial charge < -0.3 is 15.5 Å². The van der Waals surface area contributed by atoms with Gasteiger partial charge in [-0.15, -0.1) is 0 Å². The maximum atomic E-state index is 12.9. The zero-order valence-corrected chi connectivity index (χ0v) is 16.9. The molecule has 31 heavy (non-hydrogen) atoms. The topological polar surface area (TPSA) is 150 Å². The second kappa shape index (κ2) is 8.17. The Balaban J connectivity index is 1.65. The Labute approximate surface area is 177 Å². The Kier molecular flexibility index (Phi) is 5.40. The molecule has 3 N–H and O–H groups in total. The maximum absolute atomic E-state index is 12.9. The molecule has 0 saturated carbocycles. The molecule has 1 aromatic carbocycles. The summed E-state index contributed by atoms with van der Waals surface area (Å²) < 4.78 is 0. The van der Waals surface area contributed by atoms with Crippen LogP contribution >= 0.6 is 0 Å². The van der Waals surface area contributed by atoms with E-state index in [9.17, 15) is 24.5 Å². The lowest BCUT2D eigenvalue weighted by atomic mass is 9.92. The Morgan fingerprint density at radius 1 is 1.26 bits per heavy atom. The third kappa shape index (κ3) is 4.11. The van der Waals surface area contributed by atoms with Crippen LogP contribution in [0.15, 0.2) is 29.1 Å². The summed E-state index contributed by atoms with van der Waals surface area (Å²) in [5, 5.41) is 16.3. The largest absolute Gasteiger partial charge is 0.342 e. The monoisotopic (exact) mass is 426 g/mol. The Bertz CT molecular complexity index is 1110. The van der Waals surface area contributed by atoms with Crippen LogP contribution in [0.4, 0.5) is 23.1 Å². The quantitative estimate of drug-likeness (QED) is 0.499. The molecule has 1 saturated heterocycles.